The lowest BCUT2D eigenvalue weighted by Crippen LogP contribution is -2.47. The van der Waals surface area contributed by atoms with Crippen LogP contribution in [0.5, 0.6) is 0 Å². The lowest BCUT2D eigenvalue weighted by molar-refractivity contribution is 0.0504. The molecule has 12 nitrogen and oxygen atoms in total. The molecule has 252 valence electrons. The number of carbonyl (C=O) groups is 2. The molecule has 0 spiro atoms. The Bertz CT molecular complexity index is 1600. The van der Waals surface area contributed by atoms with E-state index in [0.717, 1.165) is 37.6 Å². The zero-order valence-electron chi connectivity index (χ0n) is 26.9. The fourth-order valence-corrected chi connectivity index (χ4v) is 6.27. The largest absolute Gasteiger partial charge is 0.444 e. The minimum absolute atomic E-state index is 0.0132. The van der Waals surface area contributed by atoms with Crippen LogP contribution in [-0.2, 0) is 4.74 Å². The van der Waals surface area contributed by atoms with E-state index < -0.39 is 41.1 Å². The van der Waals surface area contributed by atoms with E-state index in [1.54, 1.807) is 25.7 Å². The van der Waals surface area contributed by atoms with Crippen LogP contribution in [0, 0.1) is 17.5 Å². The molecule has 0 radical (unpaired) electrons. The minimum atomic E-state index is -1.30. The number of carbonyl (C=O) groups excluding carboxylic acids is 2. The van der Waals surface area contributed by atoms with Crippen molar-refractivity contribution in [3.63, 3.8) is 0 Å². The summed E-state index contributed by atoms with van der Waals surface area (Å²) in [6.07, 6.45) is 5.83. The van der Waals surface area contributed by atoms with Crippen LogP contribution in [0.2, 0.25) is 0 Å². The maximum absolute atomic E-state index is 14.9. The number of benzene rings is 1. The standard InChI is InChI=1S/C32H39F3N8O4/c1-5-43(20-8-10-41(11-9-20)30-39-27(40-47-30)18-6-7-18)28(44)19-14-36-29(37-15-19)42-16-22(21-12-24(34)25(35)13-23(21)33)26(17-42)38-31(45)46-32(2,3)4/h12-15,18,20,22,26H,5-11,16-17H2,1-4H3,(H,38,45). The van der Waals surface area contributed by atoms with Gasteiger partial charge in [0.2, 0.25) is 5.95 Å². The third kappa shape index (κ3) is 7.28. The van der Waals surface area contributed by atoms with Gasteiger partial charge >= 0.3 is 12.1 Å². The van der Waals surface area contributed by atoms with E-state index in [4.69, 9.17) is 9.26 Å². The van der Waals surface area contributed by atoms with Gasteiger partial charge in [-0.3, -0.25) is 4.79 Å². The second-order valence-electron chi connectivity index (χ2n) is 13.3. The zero-order valence-corrected chi connectivity index (χ0v) is 26.9. The molecule has 0 bridgehead atoms. The smallest absolute Gasteiger partial charge is 0.407 e. The Kier molecular flexibility index (Phi) is 8.99. The molecule has 3 aromatic rings. The normalized spacial score (nSPS) is 20.4. The van der Waals surface area contributed by atoms with Crippen molar-refractivity contribution in [3.05, 3.63) is 58.9 Å². The number of amides is 2. The van der Waals surface area contributed by atoms with Gasteiger partial charge in [-0.05, 0) is 65.0 Å². The number of hydrogen-bond donors (Lipinski definition) is 1. The van der Waals surface area contributed by atoms with Gasteiger partial charge < -0.3 is 29.3 Å². The topological polar surface area (TPSA) is 130 Å². The molecule has 6 rings (SSSR count). The van der Waals surface area contributed by atoms with Crippen LogP contribution in [0.3, 0.4) is 0 Å². The van der Waals surface area contributed by atoms with Gasteiger partial charge in [-0.1, -0.05) is 5.16 Å². The average molecular weight is 657 g/mol. The summed E-state index contributed by atoms with van der Waals surface area (Å²) in [5.41, 5.74) is -0.561. The third-order valence-corrected chi connectivity index (χ3v) is 8.78. The Morgan fingerprint density at radius 2 is 1.68 bits per heavy atom. The highest BCUT2D eigenvalue weighted by Crippen LogP contribution is 2.39. The van der Waals surface area contributed by atoms with Crippen LogP contribution in [0.15, 0.2) is 29.0 Å². The monoisotopic (exact) mass is 656 g/mol. The number of aromatic nitrogens is 4. The minimum Gasteiger partial charge on any atom is -0.444 e. The number of ether oxygens (including phenoxy) is 1. The molecule has 1 aliphatic carbocycles. The maximum atomic E-state index is 14.9. The molecule has 4 heterocycles. The highest BCUT2D eigenvalue weighted by molar-refractivity contribution is 5.94. The molecule has 15 heteroatoms. The van der Waals surface area contributed by atoms with Crippen molar-refractivity contribution in [3.8, 4) is 0 Å². The summed E-state index contributed by atoms with van der Waals surface area (Å²) in [4.78, 5) is 45.2. The quantitative estimate of drug-likeness (QED) is 0.338. The van der Waals surface area contributed by atoms with Gasteiger partial charge in [-0.15, -0.1) is 0 Å². The Hall–Kier alpha value is -4.43. The van der Waals surface area contributed by atoms with Gasteiger partial charge in [0.25, 0.3) is 5.91 Å². The highest BCUT2D eigenvalue weighted by Gasteiger charge is 2.39. The van der Waals surface area contributed by atoms with E-state index in [1.807, 2.05) is 11.8 Å². The first kappa shape index (κ1) is 32.5. The van der Waals surface area contributed by atoms with Crippen molar-refractivity contribution in [1.82, 2.24) is 30.3 Å². The van der Waals surface area contributed by atoms with Gasteiger partial charge in [-0.2, -0.15) is 4.98 Å². The molecule has 2 aromatic heterocycles. The number of rotatable bonds is 8. The molecule has 2 unspecified atom stereocenters. The molecule has 2 atom stereocenters. The molecular formula is C32H39F3N8O4. The van der Waals surface area contributed by atoms with E-state index in [0.29, 0.717) is 43.2 Å². The first-order valence-corrected chi connectivity index (χ1v) is 16.0. The Labute approximate surface area is 270 Å². The molecule has 3 fully saturated rings. The molecule has 1 saturated carbocycles. The van der Waals surface area contributed by atoms with Crippen LogP contribution >= 0.6 is 0 Å². The number of hydrogen-bond acceptors (Lipinski definition) is 10. The zero-order chi connectivity index (χ0) is 33.5. The van der Waals surface area contributed by atoms with Gasteiger partial charge in [0, 0.05) is 69.1 Å². The molecule has 2 aliphatic heterocycles. The Balaban J connectivity index is 1.12. The van der Waals surface area contributed by atoms with Gasteiger partial charge in [0.1, 0.15) is 11.4 Å². The predicted octanol–water partition coefficient (Wildman–Crippen LogP) is 4.78. The van der Waals surface area contributed by atoms with Crippen molar-refractivity contribution >= 4 is 24.0 Å². The molecule has 1 N–H and O–H groups in total. The Morgan fingerprint density at radius 1 is 1.00 bits per heavy atom. The molecule has 3 aliphatic rings. The van der Waals surface area contributed by atoms with E-state index in [-0.39, 0.29) is 36.6 Å². The lowest BCUT2D eigenvalue weighted by atomic mass is 9.93. The summed E-state index contributed by atoms with van der Waals surface area (Å²) in [5.74, 6) is -2.97. The van der Waals surface area contributed by atoms with Crippen LogP contribution in [-0.4, -0.2) is 87.4 Å². The van der Waals surface area contributed by atoms with Gasteiger partial charge in [-0.25, -0.2) is 27.9 Å². The van der Waals surface area contributed by atoms with Gasteiger partial charge in [0.05, 0.1) is 11.6 Å². The fourth-order valence-electron chi connectivity index (χ4n) is 6.27. The summed E-state index contributed by atoms with van der Waals surface area (Å²) in [6.45, 7) is 9.16. The number of nitrogens with zero attached hydrogens (tertiary/aromatic N) is 7. The SMILES string of the molecule is CCN(C(=O)c1cnc(N2CC(NC(=O)OC(C)(C)C)C(c3cc(F)c(F)cc3F)C2)nc1)C1CCN(c2nc(C3CC3)no2)CC1. The molecule has 2 saturated heterocycles. The molecule has 2 amide bonds. The van der Waals surface area contributed by atoms with Crippen LogP contribution in [0.25, 0.3) is 0 Å². The van der Waals surface area contributed by atoms with Crippen molar-refractivity contribution in [2.24, 2.45) is 0 Å². The summed E-state index contributed by atoms with van der Waals surface area (Å²) in [6, 6.07) is 1.11. The van der Waals surface area contributed by atoms with Crippen molar-refractivity contribution in [1.29, 1.82) is 0 Å². The average Bonchev–Trinajstić information content (AvgIpc) is 3.61. The fraction of sp³-hybridized carbons (Fsp3) is 0.562. The van der Waals surface area contributed by atoms with Crippen LogP contribution in [0.4, 0.5) is 29.9 Å². The highest BCUT2D eigenvalue weighted by atomic mass is 19.2. The van der Waals surface area contributed by atoms with Crippen molar-refractivity contribution in [2.45, 2.75) is 82.9 Å². The molecule has 47 heavy (non-hydrogen) atoms. The summed E-state index contributed by atoms with van der Waals surface area (Å²) in [7, 11) is 0. The van der Waals surface area contributed by atoms with Gasteiger partial charge in [0.15, 0.2) is 17.5 Å². The van der Waals surface area contributed by atoms with E-state index in [1.165, 1.54) is 12.4 Å². The van der Waals surface area contributed by atoms with E-state index >= 15 is 0 Å². The maximum Gasteiger partial charge on any atom is 0.407 e. The molecule has 1 aromatic carbocycles. The third-order valence-electron chi connectivity index (χ3n) is 8.78. The molecular weight excluding hydrogens is 617 g/mol. The predicted molar refractivity (Wildman–Crippen MR) is 165 cm³/mol. The van der Waals surface area contributed by atoms with Crippen LogP contribution in [0.1, 0.15) is 87.0 Å². The number of nitrogens with one attached hydrogen (secondary N) is 1. The summed E-state index contributed by atoms with van der Waals surface area (Å²) >= 11 is 0. The summed E-state index contributed by atoms with van der Waals surface area (Å²) < 4.78 is 53.6. The summed E-state index contributed by atoms with van der Waals surface area (Å²) in [5, 5.41) is 6.84. The Morgan fingerprint density at radius 3 is 2.32 bits per heavy atom. The van der Waals surface area contributed by atoms with Crippen molar-refractivity contribution in [2.75, 3.05) is 42.5 Å². The second-order valence-corrected chi connectivity index (χ2v) is 13.3. The van der Waals surface area contributed by atoms with Crippen molar-refractivity contribution < 1.29 is 32.0 Å². The lowest BCUT2D eigenvalue weighted by Gasteiger charge is -2.37. The first-order chi connectivity index (χ1) is 22.4. The van der Waals surface area contributed by atoms with E-state index in [2.05, 4.69) is 30.3 Å². The number of piperidine rings is 1. The number of halogens is 3. The van der Waals surface area contributed by atoms with Crippen LogP contribution < -0.4 is 15.1 Å². The second kappa shape index (κ2) is 13.0. The number of alkyl carbamates (subject to hydrolysis) is 1. The first-order valence-electron chi connectivity index (χ1n) is 16.0. The number of anilines is 2. The van der Waals surface area contributed by atoms with E-state index in [9.17, 15) is 22.8 Å².